The third-order valence-electron chi connectivity index (χ3n) is 2.05. The van der Waals surface area contributed by atoms with Crippen LogP contribution in [-0.4, -0.2) is 5.78 Å². The molecule has 0 saturated heterocycles. The number of hydrogen-bond donors (Lipinski definition) is 0. The Morgan fingerprint density at radius 3 is 2.46 bits per heavy atom. The zero-order chi connectivity index (χ0) is 9.94. The Bertz CT molecular complexity index is 169. The van der Waals surface area contributed by atoms with Gasteiger partial charge in [0, 0.05) is 19.3 Å². The average molecular weight is 181 g/mol. The van der Waals surface area contributed by atoms with E-state index in [2.05, 4.69) is 13.0 Å². The Kier molecular flexibility index (Phi) is 8.65. The summed E-state index contributed by atoms with van der Waals surface area (Å²) in [6.07, 6.45) is 7.13. The second-order valence-electron chi connectivity index (χ2n) is 3.36. The maximum Gasteiger partial charge on any atom is 0.132 e. The average Bonchev–Trinajstić information content (AvgIpc) is 2.14. The van der Waals surface area contributed by atoms with E-state index in [1.54, 1.807) is 0 Å². The van der Waals surface area contributed by atoms with Crippen LogP contribution in [0.4, 0.5) is 0 Å². The van der Waals surface area contributed by atoms with Crippen LogP contribution in [0.3, 0.4) is 0 Å². The minimum absolute atomic E-state index is 0.388. The lowest BCUT2D eigenvalue weighted by Gasteiger charge is -1.98. The number of hydrogen-bond acceptors (Lipinski definition) is 2. The monoisotopic (exact) mass is 181 g/mol. The maximum absolute atomic E-state index is 11.2. The molecule has 2 heteroatoms. The standard InChI is InChI=1S/C11H19NO/c1-2-3-8-11(13)9-6-4-5-7-10-12/h2-9H2,1H3. The highest BCUT2D eigenvalue weighted by molar-refractivity contribution is 5.78. The first kappa shape index (κ1) is 12.2. The first-order chi connectivity index (χ1) is 6.31. The molecule has 0 fully saturated rings. The molecule has 0 aromatic rings. The van der Waals surface area contributed by atoms with E-state index in [0.29, 0.717) is 18.6 Å². The zero-order valence-corrected chi connectivity index (χ0v) is 8.51. The van der Waals surface area contributed by atoms with E-state index in [1.807, 2.05) is 0 Å². The van der Waals surface area contributed by atoms with Crippen LogP contribution in [0, 0.1) is 11.3 Å². The van der Waals surface area contributed by atoms with Gasteiger partial charge in [-0.05, 0) is 19.3 Å². The number of carbonyl (C=O) groups is 1. The minimum Gasteiger partial charge on any atom is -0.300 e. The fourth-order valence-corrected chi connectivity index (χ4v) is 1.20. The molecule has 0 N–H and O–H groups in total. The van der Waals surface area contributed by atoms with Gasteiger partial charge in [0.2, 0.25) is 0 Å². The van der Waals surface area contributed by atoms with Crippen molar-refractivity contribution >= 4 is 5.78 Å². The zero-order valence-electron chi connectivity index (χ0n) is 8.51. The topological polar surface area (TPSA) is 40.9 Å². The summed E-state index contributed by atoms with van der Waals surface area (Å²) in [5.74, 6) is 0.388. The highest BCUT2D eigenvalue weighted by atomic mass is 16.1. The molecule has 0 aromatic carbocycles. The number of rotatable bonds is 8. The van der Waals surface area contributed by atoms with Gasteiger partial charge in [0.1, 0.15) is 5.78 Å². The van der Waals surface area contributed by atoms with Crippen LogP contribution in [-0.2, 0) is 4.79 Å². The van der Waals surface area contributed by atoms with Crippen LogP contribution in [0.25, 0.3) is 0 Å². The van der Waals surface area contributed by atoms with E-state index in [1.165, 1.54) is 0 Å². The van der Waals surface area contributed by atoms with Gasteiger partial charge in [-0.1, -0.05) is 19.8 Å². The molecule has 0 amide bonds. The molecule has 74 valence electrons. The van der Waals surface area contributed by atoms with Gasteiger partial charge in [0.25, 0.3) is 0 Å². The van der Waals surface area contributed by atoms with E-state index in [0.717, 1.165) is 38.5 Å². The van der Waals surface area contributed by atoms with Crippen molar-refractivity contribution in [1.82, 2.24) is 0 Å². The van der Waals surface area contributed by atoms with Crippen molar-refractivity contribution in [2.24, 2.45) is 0 Å². The summed E-state index contributed by atoms with van der Waals surface area (Å²) in [7, 11) is 0. The van der Waals surface area contributed by atoms with E-state index < -0.39 is 0 Å². The molecule has 0 aromatic heterocycles. The normalized spacial score (nSPS) is 9.54. The molecule has 0 heterocycles. The molecule has 2 nitrogen and oxygen atoms in total. The summed E-state index contributed by atoms with van der Waals surface area (Å²) >= 11 is 0. The summed E-state index contributed by atoms with van der Waals surface area (Å²) in [6.45, 7) is 2.10. The van der Waals surface area contributed by atoms with Gasteiger partial charge in [-0.15, -0.1) is 0 Å². The molecule has 0 aliphatic carbocycles. The van der Waals surface area contributed by atoms with Crippen LogP contribution in [0.15, 0.2) is 0 Å². The van der Waals surface area contributed by atoms with Crippen molar-refractivity contribution in [2.75, 3.05) is 0 Å². The molecule has 0 spiro atoms. The van der Waals surface area contributed by atoms with Gasteiger partial charge in [-0.2, -0.15) is 5.26 Å². The van der Waals surface area contributed by atoms with E-state index >= 15 is 0 Å². The van der Waals surface area contributed by atoms with E-state index in [9.17, 15) is 4.79 Å². The van der Waals surface area contributed by atoms with Crippen LogP contribution >= 0.6 is 0 Å². The third kappa shape index (κ3) is 9.07. The molecule has 0 saturated carbocycles. The maximum atomic E-state index is 11.2. The van der Waals surface area contributed by atoms with Gasteiger partial charge in [0.05, 0.1) is 6.07 Å². The highest BCUT2D eigenvalue weighted by Gasteiger charge is 1.99. The highest BCUT2D eigenvalue weighted by Crippen LogP contribution is 2.06. The molecular formula is C11H19NO. The van der Waals surface area contributed by atoms with Crippen LogP contribution in [0.2, 0.25) is 0 Å². The third-order valence-corrected chi connectivity index (χ3v) is 2.05. The number of nitriles is 1. The number of nitrogens with zero attached hydrogens (tertiary/aromatic N) is 1. The smallest absolute Gasteiger partial charge is 0.132 e. The lowest BCUT2D eigenvalue weighted by molar-refractivity contribution is -0.119. The summed E-state index contributed by atoms with van der Waals surface area (Å²) in [4.78, 5) is 11.2. The van der Waals surface area contributed by atoms with E-state index in [4.69, 9.17) is 5.26 Å². The lowest BCUT2D eigenvalue weighted by Crippen LogP contribution is -1.96. The summed E-state index contributed by atoms with van der Waals surface area (Å²) < 4.78 is 0. The molecule has 0 bridgehead atoms. The predicted molar refractivity (Wildman–Crippen MR) is 53.2 cm³/mol. The minimum atomic E-state index is 0.388. The van der Waals surface area contributed by atoms with Gasteiger partial charge >= 0.3 is 0 Å². The van der Waals surface area contributed by atoms with Crippen molar-refractivity contribution in [3.8, 4) is 6.07 Å². The van der Waals surface area contributed by atoms with Crippen molar-refractivity contribution in [3.05, 3.63) is 0 Å². The largest absolute Gasteiger partial charge is 0.300 e. The van der Waals surface area contributed by atoms with Crippen molar-refractivity contribution in [2.45, 2.75) is 58.3 Å². The second kappa shape index (κ2) is 9.25. The van der Waals surface area contributed by atoms with Gasteiger partial charge in [-0.25, -0.2) is 0 Å². The Hall–Kier alpha value is -0.840. The Morgan fingerprint density at radius 1 is 1.15 bits per heavy atom. The number of Topliss-reactive ketones (excluding diaryl/α,β-unsaturated/α-hetero) is 1. The summed E-state index contributed by atoms with van der Waals surface area (Å²) in [5.41, 5.74) is 0. The Labute approximate surface area is 80.9 Å². The number of unbranched alkanes of at least 4 members (excludes halogenated alkanes) is 4. The molecule has 0 rings (SSSR count). The van der Waals surface area contributed by atoms with Crippen molar-refractivity contribution in [3.63, 3.8) is 0 Å². The first-order valence-electron chi connectivity index (χ1n) is 5.20. The molecule has 0 unspecified atom stereocenters. The first-order valence-corrected chi connectivity index (χ1v) is 5.20. The fraction of sp³-hybridized carbons (Fsp3) is 0.818. The summed E-state index contributed by atoms with van der Waals surface area (Å²) in [6, 6.07) is 2.11. The predicted octanol–water partition coefficient (Wildman–Crippen LogP) is 3.22. The van der Waals surface area contributed by atoms with Gasteiger partial charge < -0.3 is 0 Å². The Morgan fingerprint density at radius 2 is 1.85 bits per heavy atom. The van der Waals surface area contributed by atoms with Crippen LogP contribution in [0.5, 0.6) is 0 Å². The fourth-order valence-electron chi connectivity index (χ4n) is 1.20. The van der Waals surface area contributed by atoms with Crippen LogP contribution < -0.4 is 0 Å². The second-order valence-corrected chi connectivity index (χ2v) is 3.36. The van der Waals surface area contributed by atoms with Gasteiger partial charge in [-0.3, -0.25) is 4.79 Å². The van der Waals surface area contributed by atoms with Crippen molar-refractivity contribution in [1.29, 1.82) is 5.26 Å². The molecule has 0 radical (unpaired) electrons. The molecule has 0 aliphatic rings. The van der Waals surface area contributed by atoms with Crippen LogP contribution in [0.1, 0.15) is 58.3 Å². The van der Waals surface area contributed by atoms with Gasteiger partial charge in [0.15, 0.2) is 0 Å². The quantitative estimate of drug-likeness (QED) is 0.539. The molecule has 13 heavy (non-hydrogen) atoms. The molecular weight excluding hydrogens is 162 g/mol. The number of ketones is 1. The lowest BCUT2D eigenvalue weighted by atomic mass is 10.1. The van der Waals surface area contributed by atoms with E-state index in [-0.39, 0.29) is 0 Å². The molecule has 0 aliphatic heterocycles. The SMILES string of the molecule is CCCCC(=O)CCCCCC#N. The summed E-state index contributed by atoms with van der Waals surface area (Å²) in [5, 5.41) is 8.27. The number of carbonyl (C=O) groups excluding carboxylic acids is 1. The Balaban J connectivity index is 3.13. The molecule has 0 atom stereocenters. The van der Waals surface area contributed by atoms with Crippen molar-refractivity contribution < 1.29 is 4.79 Å².